The van der Waals surface area contributed by atoms with Crippen molar-refractivity contribution in [1.29, 1.82) is 0 Å². The topological polar surface area (TPSA) is 125 Å². The van der Waals surface area contributed by atoms with Crippen molar-refractivity contribution >= 4 is 33.7 Å². The maximum absolute atomic E-state index is 16.1. The van der Waals surface area contributed by atoms with Gasteiger partial charge in [0.2, 0.25) is 5.91 Å². The zero-order chi connectivity index (χ0) is 26.3. The Morgan fingerprint density at radius 1 is 0.974 bits per heavy atom. The van der Waals surface area contributed by atoms with Crippen LogP contribution in [-0.2, 0) is 4.79 Å². The Balaban J connectivity index is 1.28. The predicted octanol–water partition coefficient (Wildman–Crippen LogP) is 5.89. The van der Waals surface area contributed by atoms with Crippen LogP contribution in [-0.4, -0.2) is 41.0 Å². The van der Waals surface area contributed by atoms with Crippen LogP contribution in [0.4, 0.5) is 10.1 Å². The van der Waals surface area contributed by atoms with Gasteiger partial charge in [0.15, 0.2) is 11.5 Å². The highest BCUT2D eigenvalue weighted by molar-refractivity contribution is 5.98. The lowest BCUT2D eigenvalue weighted by Gasteiger charge is -2.11. The van der Waals surface area contributed by atoms with Gasteiger partial charge >= 0.3 is 0 Å². The molecule has 1 saturated carbocycles. The lowest BCUT2D eigenvalue weighted by Crippen LogP contribution is -2.20. The fourth-order valence-electron chi connectivity index (χ4n) is 5.34. The number of nitrogens with zero attached hydrogens (tertiary/aromatic N) is 5. The molecule has 5 heterocycles. The molecular weight excluding hydrogens is 495 g/mol. The normalized spacial score (nSPS) is 13.9. The van der Waals surface area contributed by atoms with Crippen molar-refractivity contribution in [3.05, 3.63) is 73.2 Å². The van der Waals surface area contributed by atoms with E-state index in [-0.39, 0.29) is 11.8 Å². The molecule has 10 heteroatoms. The molecule has 0 spiro atoms. The number of fused-ring (bicyclic) bond motifs is 2. The summed E-state index contributed by atoms with van der Waals surface area (Å²) in [5.74, 6) is -0.0547. The summed E-state index contributed by atoms with van der Waals surface area (Å²) in [6, 6.07) is 10.9. The average molecular weight is 519 g/mol. The maximum Gasteiger partial charge on any atom is 0.227 e. The van der Waals surface area contributed by atoms with Crippen LogP contribution in [0.3, 0.4) is 0 Å². The number of hydrogen-bond acceptors (Lipinski definition) is 6. The molecule has 1 aliphatic rings. The quantitative estimate of drug-likeness (QED) is 0.261. The third-order valence-corrected chi connectivity index (χ3v) is 7.30. The van der Waals surface area contributed by atoms with Crippen LogP contribution in [0.15, 0.2) is 67.4 Å². The summed E-state index contributed by atoms with van der Waals surface area (Å²) >= 11 is 0. The number of anilines is 1. The van der Waals surface area contributed by atoms with E-state index in [4.69, 9.17) is 0 Å². The second-order valence-corrected chi connectivity index (χ2v) is 9.74. The highest BCUT2D eigenvalue weighted by Gasteiger charge is 2.24. The standard InChI is InChI=1S/C29H23FN8O/c30-24-20(18-12-19(15-32-14-18)34-29(39)16-4-1-2-5-16)7-8-22-23(24)26(38-37-22)28-35-25-21(9-11-33-27(25)36-28)17-6-3-10-31-13-17/h3,6-16H,1-2,4-5H2,(H,34,39)(H,37,38)(H,33,35,36). The minimum absolute atomic E-state index is 0.0105. The maximum atomic E-state index is 16.1. The zero-order valence-electron chi connectivity index (χ0n) is 20.8. The first-order valence-corrected chi connectivity index (χ1v) is 12.8. The summed E-state index contributed by atoms with van der Waals surface area (Å²) in [6.07, 6.45) is 12.3. The van der Waals surface area contributed by atoms with E-state index in [0.717, 1.165) is 36.8 Å². The Hall–Kier alpha value is -4.99. The van der Waals surface area contributed by atoms with Gasteiger partial charge in [-0.1, -0.05) is 18.9 Å². The third-order valence-electron chi connectivity index (χ3n) is 7.30. The van der Waals surface area contributed by atoms with Crippen molar-refractivity contribution in [2.75, 3.05) is 5.32 Å². The summed E-state index contributed by atoms with van der Waals surface area (Å²) in [5, 5.41) is 10.5. The Kier molecular flexibility index (Phi) is 5.58. The smallest absolute Gasteiger partial charge is 0.227 e. The highest BCUT2D eigenvalue weighted by atomic mass is 19.1. The number of rotatable bonds is 5. The highest BCUT2D eigenvalue weighted by Crippen LogP contribution is 2.35. The minimum atomic E-state index is -0.460. The molecule has 0 saturated heterocycles. The van der Waals surface area contributed by atoms with Crippen LogP contribution in [0.5, 0.6) is 0 Å². The number of hydrogen-bond donors (Lipinski definition) is 3. The van der Waals surface area contributed by atoms with Gasteiger partial charge in [-0.15, -0.1) is 0 Å². The molecule has 1 aromatic carbocycles. The van der Waals surface area contributed by atoms with Crippen molar-refractivity contribution < 1.29 is 9.18 Å². The summed E-state index contributed by atoms with van der Waals surface area (Å²) in [4.78, 5) is 33.4. The molecule has 39 heavy (non-hydrogen) atoms. The number of carbonyl (C=O) groups excluding carboxylic acids is 1. The van der Waals surface area contributed by atoms with E-state index in [1.807, 2.05) is 18.2 Å². The second-order valence-electron chi connectivity index (χ2n) is 9.74. The van der Waals surface area contributed by atoms with Gasteiger partial charge in [0, 0.05) is 53.0 Å². The van der Waals surface area contributed by atoms with Gasteiger partial charge in [-0.2, -0.15) is 5.10 Å². The van der Waals surface area contributed by atoms with Crippen molar-refractivity contribution in [3.63, 3.8) is 0 Å². The number of aromatic nitrogens is 7. The number of pyridine rings is 3. The number of nitrogens with one attached hydrogen (secondary N) is 3. The molecule has 1 amide bonds. The van der Waals surface area contributed by atoms with E-state index in [9.17, 15) is 4.79 Å². The molecule has 0 radical (unpaired) electrons. The van der Waals surface area contributed by atoms with E-state index in [1.54, 1.807) is 49.2 Å². The molecule has 0 bridgehead atoms. The Bertz CT molecular complexity index is 1840. The molecule has 6 aromatic rings. The van der Waals surface area contributed by atoms with Gasteiger partial charge < -0.3 is 10.3 Å². The molecule has 1 aliphatic carbocycles. The number of aromatic amines is 2. The third kappa shape index (κ3) is 4.10. The molecule has 192 valence electrons. The van der Waals surface area contributed by atoms with Crippen molar-refractivity contribution in [3.8, 4) is 33.8 Å². The fraction of sp³-hybridized carbons (Fsp3) is 0.172. The Morgan fingerprint density at radius 2 is 1.85 bits per heavy atom. The minimum Gasteiger partial charge on any atom is -0.335 e. The summed E-state index contributed by atoms with van der Waals surface area (Å²) < 4.78 is 16.1. The monoisotopic (exact) mass is 518 g/mol. The number of benzene rings is 1. The SMILES string of the molecule is O=C(Nc1cncc(-c2ccc3[nH]nc(-c4nc5nccc(-c6cccnc6)c5[nH]4)c3c2F)c1)C1CCCC1. The first-order chi connectivity index (χ1) is 19.2. The number of halogens is 1. The van der Waals surface area contributed by atoms with Crippen molar-refractivity contribution in [1.82, 2.24) is 35.1 Å². The molecule has 0 atom stereocenters. The van der Waals surface area contributed by atoms with E-state index in [2.05, 4.69) is 40.4 Å². The first-order valence-electron chi connectivity index (χ1n) is 12.8. The van der Waals surface area contributed by atoms with Gasteiger partial charge in [0.25, 0.3) is 0 Å². The number of H-pyrrole nitrogens is 2. The van der Waals surface area contributed by atoms with Crippen LogP contribution >= 0.6 is 0 Å². The molecule has 1 fully saturated rings. The zero-order valence-corrected chi connectivity index (χ0v) is 20.8. The molecule has 5 aromatic heterocycles. The van der Waals surface area contributed by atoms with E-state index < -0.39 is 5.82 Å². The molecule has 7 rings (SSSR count). The van der Waals surface area contributed by atoms with Crippen LogP contribution in [0.1, 0.15) is 25.7 Å². The predicted molar refractivity (Wildman–Crippen MR) is 146 cm³/mol. The lowest BCUT2D eigenvalue weighted by molar-refractivity contribution is -0.119. The van der Waals surface area contributed by atoms with Gasteiger partial charge in [0.1, 0.15) is 11.5 Å². The van der Waals surface area contributed by atoms with Gasteiger partial charge in [-0.3, -0.25) is 19.9 Å². The van der Waals surface area contributed by atoms with Crippen LogP contribution in [0.25, 0.3) is 55.8 Å². The van der Waals surface area contributed by atoms with E-state index in [1.165, 1.54) is 0 Å². The molecule has 0 unspecified atom stereocenters. The van der Waals surface area contributed by atoms with E-state index in [0.29, 0.717) is 50.4 Å². The van der Waals surface area contributed by atoms with Crippen LogP contribution in [0.2, 0.25) is 0 Å². The van der Waals surface area contributed by atoms with Crippen molar-refractivity contribution in [2.45, 2.75) is 25.7 Å². The largest absolute Gasteiger partial charge is 0.335 e. The Labute approximate surface area is 222 Å². The molecule has 3 N–H and O–H groups in total. The summed E-state index contributed by atoms with van der Waals surface area (Å²) in [6.45, 7) is 0. The Morgan fingerprint density at radius 3 is 2.69 bits per heavy atom. The molecule has 0 aliphatic heterocycles. The average Bonchev–Trinajstić information content (AvgIpc) is 3.73. The number of imidazole rings is 1. The first kappa shape index (κ1) is 23.2. The van der Waals surface area contributed by atoms with Crippen molar-refractivity contribution in [2.24, 2.45) is 5.92 Å². The van der Waals surface area contributed by atoms with Crippen LogP contribution in [0, 0.1) is 11.7 Å². The summed E-state index contributed by atoms with van der Waals surface area (Å²) in [7, 11) is 0. The van der Waals surface area contributed by atoms with Gasteiger partial charge in [-0.05, 0) is 43.2 Å². The van der Waals surface area contributed by atoms with E-state index >= 15 is 4.39 Å². The second kappa shape index (κ2) is 9.39. The number of amides is 1. The van der Waals surface area contributed by atoms with Crippen LogP contribution < -0.4 is 5.32 Å². The summed E-state index contributed by atoms with van der Waals surface area (Å²) in [5.41, 5.74) is 5.32. The van der Waals surface area contributed by atoms with Gasteiger partial charge in [-0.25, -0.2) is 14.4 Å². The molecule has 9 nitrogen and oxygen atoms in total. The fourth-order valence-corrected chi connectivity index (χ4v) is 5.34. The molecular formula is C29H23FN8O. The number of carbonyl (C=O) groups is 1. The van der Waals surface area contributed by atoms with Gasteiger partial charge in [0.05, 0.1) is 28.3 Å². The lowest BCUT2D eigenvalue weighted by atomic mass is 10.0.